The third kappa shape index (κ3) is 18.1. The van der Waals surface area contributed by atoms with E-state index in [2.05, 4.69) is 6.92 Å². The van der Waals surface area contributed by atoms with Crippen molar-refractivity contribution in [3.8, 4) is 0 Å². The standard InChI is InChI=1S/C23H38O6/c1-2-3-9-13-20(26)14-10-7-5-4-6-8-11-15-21(27)16-12-17-23(28)29-22(18-24)19-25/h5-8,10-11,14-15,20-22,24-27H,2-4,9,12-13,16-19H2,1H3/b7-5-,8-6-,14-10+,15-11+/t20-,21-/m1/s1. The zero-order chi connectivity index (χ0) is 21.7. The lowest BCUT2D eigenvalue weighted by Gasteiger charge is -2.12. The van der Waals surface area contributed by atoms with Gasteiger partial charge in [0.25, 0.3) is 0 Å². The van der Waals surface area contributed by atoms with Gasteiger partial charge < -0.3 is 25.2 Å². The van der Waals surface area contributed by atoms with Crippen molar-refractivity contribution in [3.63, 3.8) is 0 Å². The van der Waals surface area contributed by atoms with Crippen LogP contribution in [0.25, 0.3) is 0 Å². The number of aliphatic hydroxyl groups excluding tert-OH is 4. The first-order valence-corrected chi connectivity index (χ1v) is 10.5. The summed E-state index contributed by atoms with van der Waals surface area (Å²) in [7, 11) is 0. The van der Waals surface area contributed by atoms with Gasteiger partial charge in [-0.25, -0.2) is 0 Å². The molecular weight excluding hydrogens is 372 g/mol. The van der Waals surface area contributed by atoms with Gasteiger partial charge in [0, 0.05) is 6.42 Å². The number of rotatable bonds is 17. The first-order chi connectivity index (χ1) is 14.0. The largest absolute Gasteiger partial charge is 0.457 e. The van der Waals surface area contributed by atoms with Crippen LogP contribution in [0.15, 0.2) is 48.6 Å². The minimum Gasteiger partial charge on any atom is -0.457 e. The molecule has 0 saturated heterocycles. The van der Waals surface area contributed by atoms with E-state index in [-0.39, 0.29) is 12.5 Å². The van der Waals surface area contributed by atoms with Crippen molar-refractivity contribution < 1.29 is 30.0 Å². The van der Waals surface area contributed by atoms with Crippen LogP contribution in [0.2, 0.25) is 0 Å². The fraction of sp³-hybridized carbons (Fsp3) is 0.609. The Hall–Kier alpha value is -1.73. The monoisotopic (exact) mass is 410 g/mol. The molecule has 2 atom stereocenters. The SMILES string of the molecule is CCCCC[C@@H](O)/C=C/C=C\C/C=C\C=C\[C@@H](O)CCCC(=O)OC(CO)CO. The van der Waals surface area contributed by atoms with Gasteiger partial charge in [-0.3, -0.25) is 4.79 Å². The third-order valence-corrected chi connectivity index (χ3v) is 4.12. The molecule has 0 bridgehead atoms. The molecule has 0 fully saturated rings. The molecule has 0 aromatic heterocycles. The van der Waals surface area contributed by atoms with Crippen LogP contribution >= 0.6 is 0 Å². The Morgan fingerprint density at radius 2 is 1.41 bits per heavy atom. The van der Waals surface area contributed by atoms with Crippen LogP contribution < -0.4 is 0 Å². The first kappa shape index (κ1) is 27.3. The van der Waals surface area contributed by atoms with Gasteiger partial charge in [0.15, 0.2) is 0 Å². The first-order valence-electron chi connectivity index (χ1n) is 10.5. The normalized spacial score (nSPS) is 14.7. The maximum atomic E-state index is 11.5. The van der Waals surface area contributed by atoms with Gasteiger partial charge in [-0.2, -0.15) is 0 Å². The summed E-state index contributed by atoms with van der Waals surface area (Å²) >= 11 is 0. The highest BCUT2D eigenvalue weighted by atomic mass is 16.6. The Balaban J connectivity index is 3.85. The number of allylic oxidation sites excluding steroid dienone is 6. The van der Waals surface area contributed by atoms with Crippen molar-refractivity contribution in [2.75, 3.05) is 13.2 Å². The van der Waals surface area contributed by atoms with Crippen LogP contribution in [0.4, 0.5) is 0 Å². The molecule has 0 amide bonds. The molecular formula is C23H38O6. The Morgan fingerprint density at radius 3 is 1.93 bits per heavy atom. The lowest BCUT2D eigenvalue weighted by molar-refractivity contribution is -0.153. The van der Waals surface area contributed by atoms with Crippen molar-refractivity contribution >= 4 is 5.97 Å². The van der Waals surface area contributed by atoms with Gasteiger partial charge >= 0.3 is 5.97 Å². The van der Waals surface area contributed by atoms with E-state index in [1.165, 1.54) is 0 Å². The molecule has 166 valence electrons. The van der Waals surface area contributed by atoms with E-state index in [9.17, 15) is 15.0 Å². The maximum Gasteiger partial charge on any atom is 0.306 e. The number of esters is 1. The topological polar surface area (TPSA) is 107 Å². The highest BCUT2D eigenvalue weighted by molar-refractivity contribution is 5.69. The predicted octanol–water partition coefficient (Wildman–Crippen LogP) is 2.97. The molecule has 0 aromatic rings. The number of hydrogen-bond acceptors (Lipinski definition) is 6. The van der Waals surface area contributed by atoms with E-state index in [1.54, 1.807) is 18.2 Å². The molecule has 6 nitrogen and oxygen atoms in total. The molecule has 4 N–H and O–H groups in total. The molecule has 0 rings (SSSR count). The van der Waals surface area contributed by atoms with Gasteiger partial charge in [-0.15, -0.1) is 0 Å². The van der Waals surface area contributed by atoms with Gasteiger partial charge in [-0.1, -0.05) is 74.8 Å². The van der Waals surface area contributed by atoms with Crippen LogP contribution in [0.5, 0.6) is 0 Å². The lowest BCUT2D eigenvalue weighted by Crippen LogP contribution is -2.25. The number of unbranched alkanes of at least 4 members (excludes halogenated alkanes) is 2. The van der Waals surface area contributed by atoms with Crippen LogP contribution in [0.1, 0.15) is 58.3 Å². The molecule has 6 heteroatoms. The fourth-order valence-corrected chi connectivity index (χ4v) is 2.41. The van der Waals surface area contributed by atoms with Gasteiger partial charge in [0.1, 0.15) is 6.10 Å². The van der Waals surface area contributed by atoms with Crippen molar-refractivity contribution in [1.29, 1.82) is 0 Å². The number of ether oxygens (including phenoxy) is 1. The molecule has 0 spiro atoms. The molecule has 0 aliphatic carbocycles. The van der Waals surface area contributed by atoms with E-state index in [1.807, 2.05) is 30.4 Å². The van der Waals surface area contributed by atoms with Crippen molar-refractivity contribution in [1.82, 2.24) is 0 Å². The molecule has 0 radical (unpaired) electrons. The van der Waals surface area contributed by atoms with Crippen LogP contribution in [-0.2, 0) is 9.53 Å². The minimum absolute atomic E-state index is 0.128. The maximum absolute atomic E-state index is 11.5. The number of hydrogen-bond donors (Lipinski definition) is 4. The highest BCUT2D eigenvalue weighted by Crippen LogP contribution is 2.06. The second kappa shape index (κ2) is 19.6. The van der Waals surface area contributed by atoms with E-state index < -0.39 is 31.4 Å². The second-order valence-electron chi connectivity index (χ2n) is 6.86. The quantitative estimate of drug-likeness (QED) is 0.167. The van der Waals surface area contributed by atoms with Crippen LogP contribution in [-0.4, -0.2) is 57.9 Å². The van der Waals surface area contributed by atoms with Crippen LogP contribution in [0, 0.1) is 0 Å². The van der Waals surface area contributed by atoms with E-state index in [0.717, 1.165) is 32.1 Å². The molecule has 0 aliphatic rings. The predicted molar refractivity (Wildman–Crippen MR) is 115 cm³/mol. The zero-order valence-electron chi connectivity index (χ0n) is 17.5. The average molecular weight is 411 g/mol. The second-order valence-corrected chi connectivity index (χ2v) is 6.86. The number of aliphatic hydroxyl groups is 4. The van der Waals surface area contributed by atoms with E-state index in [4.69, 9.17) is 14.9 Å². The van der Waals surface area contributed by atoms with Gasteiger partial charge in [-0.05, 0) is 25.7 Å². The summed E-state index contributed by atoms with van der Waals surface area (Å²) in [6.07, 6.45) is 18.8. The van der Waals surface area contributed by atoms with Gasteiger partial charge in [0.05, 0.1) is 25.4 Å². The minimum atomic E-state index is -0.877. The molecule has 0 aromatic carbocycles. The van der Waals surface area contributed by atoms with Crippen molar-refractivity contribution in [3.05, 3.63) is 48.6 Å². The smallest absolute Gasteiger partial charge is 0.306 e. The summed E-state index contributed by atoms with van der Waals surface area (Å²) in [5.74, 6) is -0.497. The van der Waals surface area contributed by atoms with Crippen molar-refractivity contribution in [2.24, 2.45) is 0 Å². The summed E-state index contributed by atoms with van der Waals surface area (Å²) in [5.41, 5.74) is 0. The Bertz CT molecular complexity index is 505. The third-order valence-electron chi connectivity index (χ3n) is 4.12. The molecule has 0 unspecified atom stereocenters. The Kier molecular flexibility index (Phi) is 18.4. The highest BCUT2D eigenvalue weighted by Gasteiger charge is 2.12. The molecule has 29 heavy (non-hydrogen) atoms. The van der Waals surface area contributed by atoms with Gasteiger partial charge in [0.2, 0.25) is 0 Å². The summed E-state index contributed by atoms with van der Waals surface area (Å²) in [6.45, 7) is 1.32. The number of carbonyl (C=O) groups is 1. The van der Waals surface area contributed by atoms with E-state index in [0.29, 0.717) is 12.8 Å². The lowest BCUT2D eigenvalue weighted by atomic mass is 10.1. The average Bonchev–Trinajstić information content (AvgIpc) is 2.70. The summed E-state index contributed by atoms with van der Waals surface area (Å²) < 4.78 is 4.84. The van der Waals surface area contributed by atoms with Crippen LogP contribution in [0.3, 0.4) is 0 Å². The molecule has 0 saturated carbocycles. The molecule has 0 heterocycles. The van der Waals surface area contributed by atoms with E-state index >= 15 is 0 Å². The summed E-state index contributed by atoms with van der Waals surface area (Å²) in [6, 6.07) is 0. The van der Waals surface area contributed by atoms with Crippen molar-refractivity contribution in [2.45, 2.75) is 76.6 Å². The summed E-state index contributed by atoms with van der Waals surface area (Å²) in [5, 5.41) is 37.3. The molecule has 0 aliphatic heterocycles. The summed E-state index contributed by atoms with van der Waals surface area (Å²) in [4.78, 5) is 11.5. The fourth-order valence-electron chi connectivity index (χ4n) is 2.41. The Morgan fingerprint density at radius 1 is 0.862 bits per heavy atom. The number of carbonyl (C=O) groups excluding carboxylic acids is 1. The zero-order valence-corrected chi connectivity index (χ0v) is 17.5. The Labute approximate surface area is 174 Å².